The monoisotopic (exact) mass is 1130 g/mol. The second-order valence-electron chi connectivity index (χ2n) is 21.2. The van der Waals surface area contributed by atoms with Gasteiger partial charge in [0.05, 0.1) is 11.4 Å². The van der Waals surface area contributed by atoms with Crippen LogP contribution < -0.4 is 5.46 Å². The highest BCUT2D eigenvalue weighted by molar-refractivity contribution is 6.59. The van der Waals surface area contributed by atoms with Crippen molar-refractivity contribution in [3.05, 3.63) is 307 Å². The summed E-state index contributed by atoms with van der Waals surface area (Å²) in [6, 6.07) is 92.8. The van der Waals surface area contributed by atoms with Crippen LogP contribution in [-0.2, 0) is 4.74 Å². The molecule has 1 aliphatic heterocycles. The van der Waals surface area contributed by atoms with Gasteiger partial charge in [0.1, 0.15) is 0 Å². The molecule has 0 unspecified atom stereocenters. The highest BCUT2D eigenvalue weighted by Crippen LogP contribution is 2.41. The number of ether oxygens (including phenoxy) is 1. The summed E-state index contributed by atoms with van der Waals surface area (Å²) < 4.78 is 4.94. The number of rotatable bonds is 10. The van der Waals surface area contributed by atoms with E-state index in [0.717, 1.165) is 74.1 Å². The van der Waals surface area contributed by atoms with Crippen molar-refractivity contribution in [3.63, 3.8) is 0 Å². The molecule has 0 spiro atoms. The van der Waals surface area contributed by atoms with Crippen LogP contribution in [0.4, 0.5) is 0 Å². The fourth-order valence-electron chi connectivity index (χ4n) is 10.9. The number of benzene rings is 10. The highest BCUT2D eigenvalue weighted by atomic mass is 35.5. The third-order valence-electron chi connectivity index (χ3n) is 15.2. The zero-order valence-corrected chi connectivity index (χ0v) is 49.3. The molecule has 1 saturated heterocycles. The van der Waals surface area contributed by atoms with Gasteiger partial charge in [-0.2, -0.15) is 0 Å². The molecule has 2 N–H and O–H groups in total. The predicted octanol–water partition coefficient (Wildman–Crippen LogP) is 19.2. The maximum absolute atomic E-state index is 8.94. The van der Waals surface area contributed by atoms with Crippen molar-refractivity contribution < 1.29 is 14.8 Å². The summed E-state index contributed by atoms with van der Waals surface area (Å²) in [5, 5.41) is 18.6. The summed E-state index contributed by atoms with van der Waals surface area (Å²) in [5.74, 6) is 0. The molecule has 0 radical (unpaired) electrons. The van der Waals surface area contributed by atoms with Gasteiger partial charge in [-0.15, -0.1) is 0 Å². The van der Waals surface area contributed by atoms with Crippen molar-refractivity contribution in [2.75, 3.05) is 13.2 Å². The second-order valence-corrected chi connectivity index (χ2v) is 21.6. The van der Waals surface area contributed by atoms with Gasteiger partial charge in [0.15, 0.2) is 0 Å². The number of hydrogen-bond acceptors (Lipinski definition) is 5. The molecule has 7 heteroatoms. The summed E-state index contributed by atoms with van der Waals surface area (Å²) in [6.45, 7) is 10.1. The van der Waals surface area contributed by atoms with Crippen molar-refractivity contribution in [3.8, 4) is 100 Å². The second kappa shape index (κ2) is 28.8. The molecule has 5 nitrogen and oxygen atoms in total. The molecule has 1 aliphatic rings. The summed E-state index contributed by atoms with van der Waals surface area (Å²) in [5.41, 5.74) is 25.7. The van der Waals surface area contributed by atoms with E-state index in [4.69, 9.17) is 26.4 Å². The Hall–Kier alpha value is -9.27. The summed E-state index contributed by atoms with van der Waals surface area (Å²) in [6.07, 6.45) is 6.22. The van der Waals surface area contributed by atoms with Gasteiger partial charge in [-0.3, -0.25) is 9.97 Å². The summed E-state index contributed by atoms with van der Waals surface area (Å²) in [4.78, 5) is 9.04. The quantitative estimate of drug-likeness (QED) is 0.134. The molecule has 85 heavy (non-hydrogen) atoms. The first-order chi connectivity index (χ1) is 41.6. The van der Waals surface area contributed by atoms with Crippen molar-refractivity contribution in [1.82, 2.24) is 9.97 Å². The largest absolute Gasteiger partial charge is 0.488 e. The van der Waals surface area contributed by atoms with Gasteiger partial charge in [-0.05, 0) is 190 Å². The SMILES string of the molecule is C1CCOC1.Cc1cccc(C)c1-c1cc(-c2cccc(-c3ccccc3)c2)ccc1-c1cccc(-c2ccccn2)c1.Cc1cccc(C)c1B(O)O.Clc1cc(-c2cccc(-c3ccccc3)c2)ccc1-c1cccc(-c2ccccn2)c1. The van der Waals surface area contributed by atoms with Crippen LogP contribution in [-0.4, -0.2) is 40.3 Å². The van der Waals surface area contributed by atoms with Crippen molar-refractivity contribution >= 4 is 24.2 Å². The van der Waals surface area contributed by atoms with Crippen LogP contribution in [0.2, 0.25) is 5.02 Å². The van der Waals surface area contributed by atoms with Gasteiger partial charge < -0.3 is 14.8 Å². The Kier molecular flexibility index (Phi) is 20.0. The zero-order valence-electron chi connectivity index (χ0n) is 48.5. The average Bonchev–Trinajstić information content (AvgIpc) is 4.37. The van der Waals surface area contributed by atoms with Crippen LogP contribution in [0.25, 0.3) is 100 Å². The topological polar surface area (TPSA) is 75.5 Å². The van der Waals surface area contributed by atoms with E-state index in [9.17, 15) is 0 Å². The Morgan fingerprint density at radius 3 is 1.12 bits per heavy atom. The smallest absolute Gasteiger partial charge is 0.423 e. The molecule has 0 atom stereocenters. The molecule has 13 rings (SSSR count). The van der Waals surface area contributed by atoms with Gasteiger partial charge >= 0.3 is 7.12 Å². The number of hydrogen-bond donors (Lipinski definition) is 2. The Balaban J connectivity index is 0.000000152. The molecular formula is C78H68BClN2O3. The molecule has 12 aromatic rings. The van der Waals surface area contributed by atoms with Gasteiger partial charge in [-0.1, -0.05) is 229 Å². The van der Waals surface area contributed by atoms with Gasteiger partial charge in [-0.25, -0.2) is 0 Å². The lowest BCUT2D eigenvalue weighted by molar-refractivity contribution is 0.198. The van der Waals surface area contributed by atoms with Crippen molar-refractivity contribution in [2.45, 2.75) is 40.5 Å². The molecule has 0 amide bonds. The molecule has 2 aromatic heterocycles. The van der Waals surface area contributed by atoms with E-state index in [1.54, 1.807) is 0 Å². The van der Waals surface area contributed by atoms with E-state index in [0.29, 0.717) is 5.46 Å². The average molecular weight is 1130 g/mol. The van der Waals surface area contributed by atoms with Crippen LogP contribution in [0.3, 0.4) is 0 Å². The Morgan fingerprint density at radius 2 is 0.694 bits per heavy atom. The zero-order chi connectivity index (χ0) is 58.9. The van der Waals surface area contributed by atoms with E-state index in [-0.39, 0.29) is 0 Å². The fraction of sp³-hybridized carbons (Fsp3) is 0.103. The minimum Gasteiger partial charge on any atom is -0.423 e. The number of aromatic nitrogens is 2. The third kappa shape index (κ3) is 15.1. The maximum Gasteiger partial charge on any atom is 0.488 e. The van der Waals surface area contributed by atoms with E-state index >= 15 is 0 Å². The molecule has 10 aromatic carbocycles. The Morgan fingerprint density at radius 1 is 0.329 bits per heavy atom. The molecule has 418 valence electrons. The number of nitrogens with zero attached hydrogens (tertiary/aromatic N) is 2. The first-order valence-electron chi connectivity index (χ1n) is 28.9. The van der Waals surface area contributed by atoms with E-state index in [2.05, 4.69) is 230 Å². The molecule has 3 heterocycles. The fourth-order valence-corrected chi connectivity index (χ4v) is 11.2. The van der Waals surface area contributed by atoms with Crippen molar-refractivity contribution in [2.24, 2.45) is 0 Å². The first kappa shape index (κ1) is 58.9. The highest BCUT2D eigenvalue weighted by Gasteiger charge is 2.17. The number of pyridine rings is 2. The summed E-state index contributed by atoms with van der Waals surface area (Å²) in [7, 11) is -1.35. The third-order valence-corrected chi connectivity index (χ3v) is 15.6. The van der Waals surface area contributed by atoms with Crippen LogP contribution in [0, 0.1) is 27.7 Å². The lowest BCUT2D eigenvalue weighted by Crippen LogP contribution is -2.34. The standard InChI is InChI=1S/C37H29N.C29H20ClN.C8H11BO2.C4H8O/c1-26-11-8-12-27(2)37(26)35-25-31(30-16-9-15-29(23-30)28-13-4-3-5-14-28)20-21-34(35)32-17-10-18-33(24-32)36-19-6-7-22-38-36;30-28-20-24(23-11-6-10-22(18-23)21-8-2-1-3-9-21)15-16-27(28)25-12-7-13-26(19-25)29-14-4-5-17-31-29;1-6-4-3-5-7(2)8(6)9(10)11;1-2-4-5-3-1/h3-25H,1-2H3;1-20H;3-5,10-11H,1-2H3;1-4H2. The predicted molar refractivity (Wildman–Crippen MR) is 358 cm³/mol. The molecular weight excluding hydrogens is 1060 g/mol. The van der Waals surface area contributed by atoms with Crippen LogP contribution >= 0.6 is 11.6 Å². The lowest BCUT2D eigenvalue weighted by Gasteiger charge is -2.18. The van der Waals surface area contributed by atoms with E-state index in [1.807, 2.05) is 86.9 Å². The minimum atomic E-state index is -1.35. The van der Waals surface area contributed by atoms with Crippen LogP contribution in [0.5, 0.6) is 0 Å². The number of halogens is 1. The van der Waals surface area contributed by atoms with Crippen LogP contribution in [0.1, 0.15) is 35.1 Å². The van der Waals surface area contributed by atoms with Crippen LogP contribution in [0.15, 0.2) is 279 Å². The van der Waals surface area contributed by atoms with Crippen molar-refractivity contribution in [1.29, 1.82) is 0 Å². The van der Waals surface area contributed by atoms with Gasteiger partial charge in [0.25, 0.3) is 0 Å². The molecule has 0 saturated carbocycles. The normalized spacial score (nSPS) is 11.5. The minimum absolute atomic E-state index is 0.618. The van der Waals surface area contributed by atoms with Gasteiger partial charge in [0, 0.05) is 47.3 Å². The maximum atomic E-state index is 8.94. The molecule has 0 bridgehead atoms. The first-order valence-corrected chi connectivity index (χ1v) is 29.3. The Labute approximate surface area is 506 Å². The Bertz CT molecular complexity index is 4090. The molecule has 1 fully saturated rings. The lowest BCUT2D eigenvalue weighted by atomic mass is 9.74. The van der Waals surface area contributed by atoms with E-state index < -0.39 is 7.12 Å². The van der Waals surface area contributed by atoms with E-state index in [1.165, 1.54) is 79.6 Å². The van der Waals surface area contributed by atoms with Gasteiger partial charge in [0.2, 0.25) is 0 Å². The number of aryl methyl sites for hydroxylation is 4. The molecule has 0 aliphatic carbocycles. The summed E-state index contributed by atoms with van der Waals surface area (Å²) >= 11 is 6.75.